The highest BCUT2D eigenvalue weighted by Crippen LogP contribution is 2.31. The zero-order chi connectivity index (χ0) is 10.6. The fourth-order valence-electron chi connectivity index (χ4n) is 1.37. The van der Waals surface area contributed by atoms with Gasteiger partial charge in [0.05, 0.1) is 0 Å². The highest BCUT2D eigenvalue weighted by molar-refractivity contribution is 8.03. The fourth-order valence-corrected chi connectivity index (χ4v) is 2.55. The van der Waals surface area contributed by atoms with Crippen LogP contribution in [0.25, 0.3) is 0 Å². The Hall–Kier alpha value is -0.250. The van der Waals surface area contributed by atoms with Crippen molar-refractivity contribution in [3.8, 4) is 0 Å². The normalized spacial score (nSPS) is 17.6. The van der Waals surface area contributed by atoms with Gasteiger partial charge in [0.2, 0.25) is 0 Å². The zero-order valence-electron chi connectivity index (χ0n) is 8.79. The molecule has 1 aliphatic carbocycles. The second-order valence-electron chi connectivity index (χ2n) is 3.75. The Labute approximate surface area is 89.7 Å². The molecule has 0 radical (unpaired) electrons. The number of hydrogen-bond donors (Lipinski definition) is 2. The van der Waals surface area contributed by atoms with Gasteiger partial charge in [-0.1, -0.05) is 11.1 Å². The van der Waals surface area contributed by atoms with E-state index in [4.69, 9.17) is 10.2 Å². The Morgan fingerprint density at radius 2 is 2.07 bits per heavy atom. The first-order valence-corrected chi connectivity index (χ1v) is 5.94. The fraction of sp³-hybridized carbons (Fsp3) is 0.636. The van der Waals surface area contributed by atoms with Crippen LogP contribution in [0.5, 0.6) is 0 Å². The summed E-state index contributed by atoms with van der Waals surface area (Å²) in [5.41, 5.74) is 2.84. The lowest BCUT2D eigenvalue weighted by Gasteiger charge is -2.15. The molecule has 0 unspecified atom stereocenters. The zero-order valence-corrected chi connectivity index (χ0v) is 9.60. The molecule has 0 bridgehead atoms. The molecule has 0 saturated carbocycles. The van der Waals surface area contributed by atoms with E-state index in [2.05, 4.69) is 19.9 Å². The summed E-state index contributed by atoms with van der Waals surface area (Å²) in [5, 5.41) is 17.4. The molecule has 0 aromatic rings. The average molecular weight is 214 g/mol. The molecule has 2 N–H and O–H groups in total. The minimum atomic E-state index is -1.17. The molecule has 2 nitrogen and oxygen atoms in total. The van der Waals surface area contributed by atoms with E-state index in [0.29, 0.717) is 6.42 Å². The molecule has 0 fully saturated rings. The molecule has 0 aliphatic heterocycles. The first kappa shape index (κ1) is 11.8. The van der Waals surface area contributed by atoms with Crippen molar-refractivity contribution in [1.29, 1.82) is 0 Å². The molecule has 0 spiro atoms. The third-order valence-electron chi connectivity index (χ3n) is 2.33. The first-order chi connectivity index (χ1) is 6.59. The van der Waals surface area contributed by atoms with Gasteiger partial charge in [-0.25, -0.2) is 0 Å². The van der Waals surface area contributed by atoms with E-state index in [9.17, 15) is 0 Å². The van der Waals surface area contributed by atoms with Crippen LogP contribution in [0.1, 0.15) is 33.1 Å². The van der Waals surface area contributed by atoms with Gasteiger partial charge in [0.1, 0.15) is 0 Å². The number of thioether (sulfide) groups is 1. The van der Waals surface area contributed by atoms with E-state index in [1.54, 1.807) is 11.8 Å². The third kappa shape index (κ3) is 3.86. The van der Waals surface area contributed by atoms with Crippen molar-refractivity contribution in [3.63, 3.8) is 0 Å². The molecular weight excluding hydrogens is 196 g/mol. The summed E-state index contributed by atoms with van der Waals surface area (Å²) in [4.78, 5) is 1.31. The maximum Gasteiger partial charge on any atom is 0.152 e. The minimum Gasteiger partial charge on any atom is -0.368 e. The van der Waals surface area contributed by atoms with E-state index in [1.165, 1.54) is 22.5 Å². The summed E-state index contributed by atoms with van der Waals surface area (Å²) < 4.78 is 0. The molecule has 0 aromatic heterocycles. The van der Waals surface area contributed by atoms with Gasteiger partial charge in [0.15, 0.2) is 6.29 Å². The van der Waals surface area contributed by atoms with E-state index in [-0.39, 0.29) is 0 Å². The lowest BCUT2D eigenvalue weighted by atomic mass is 10.0. The third-order valence-corrected chi connectivity index (χ3v) is 3.54. The standard InChI is InChI=1S/C11H18O2S/c1-8-3-4-9(2)10(7-8)14-6-5-11(12)13/h7,11-13H,3-6H2,1-2H3. The smallest absolute Gasteiger partial charge is 0.152 e. The molecule has 0 heterocycles. The van der Waals surface area contributed by atoms with Gasteiger partial charge >= 0.3 is 0 Å². The maximum absolute atomic E-state index is 8.71. The van der Waals surface area contributed by atoms with E-state index in [1.807, 2.05) is 0 Å². The van der Waals surface area contributed by atoms with E-state index in [0.717, 1.165) is 12.2 Å². The monoisotopic (exact) mass is 214 g/mol. The van der Waals surface area contributed by atoms with Gasteiger partial charge in [-0.2, -0.15) is 0 Å². The van der Waals surface area contributed by atoms with Gasteiger partial charge in [0.25, 0.3) is 0 Å². The number of aliphatic hydroxyl groups is 2. The Morgan fingerprint density at radius 1 is 1.36 bits per heavy atom. The lowest BCUT2D eigenvalue weighted by molar-refractivity contribution is -0.0404. The van der Waals surface area contributed by atoms with Crippen molar-refractivity contribution < 1.29 is 10.2 Å². The van der Waals surface area contributed by atoms with Crippen LogP contribution >= 0.6 is 11.8 Å². The molecule has 14 heavy (non-hydrogen) atoms. The van der Waals surface area contributed by atoms with Crippen molar-refractivity contribution in [2.45, 2.75) is 39.4 Å². The van der Waals surface area contributed by atoms with Crippen LogP contribution in [0, 0.1) is 0 Å². The Morgan fingerprint density at radius 3 is 2.71 bits per heavy atom. The van der Waals surface area contributed by atoms with Gasteiger partial charge in [0, 0.05) is 17.1 Å². The van der Waals surface area contributed by atoms with Crippen LogP contribution in [0.3, 0.4) is 0 Å². The van der Waals surface area contributed by atoms with Crippen molar-refractivity contribution in [1.82, 2.24) is 0 Å². The summed E-state index contributed by atoms with van der Waals surface area (Å²) in [6.07, 6.45) is 3.80. The number of aliphatic hydroxyl groups excluding tert-OH is 1. The van der Waals surface area contributed by atoms with Gasteiger partial charge < -0.3 is 10.2 Å². The number of rotatable bonds is 4. The summed E-state index contributed by atoms with van der Waals surface area (Å²) in [5.74, 6) is 0.772. The largest absolute Gasteiger partial charge is 0.368 e. The highest BCUT2D eigenvalue weighted by atomic mass is 32.2. The van der Waals surface area contributed by atoms with Gasteiger partial charge in [-0.15, -0.1) is 11.8 Å². The van der Waals surface area contributed by atoms with Crippen LogP contribution < -0.4 is 0 Å². The minimum absolute atomic E-state index is 0.439. The van der Waals surface area contributed by atoms with Crippen LogP contribution in [-0.4, -0.2) is 22.3 Å². The molecule has 3 heteroatoms. The number of hydrogen-bond acceptors (Lipinski definition) is 3. The summed E-state index contributed by atoms with van der Waals surface area (Å²) in [6.45, 7) is 4.30. The number of allylic oxidation sites excluding steroid dienone is 3. The first-order valence-electron chi connectivity index (χ1n) is 4.95. The quantitative estimate of drug-likeness (QED) is 0.706. The summed E-state index contributed by atoms with van der Waals surface area (Å²) in [7, 11) is 0. The van der Waals surface area contributed by atoms with Crippen molar-refractivity contribution in [3.05, 3.63) is 22.1 Å². The van der Waals surface area contributed by atoms with E-state index >= 15 is 0 Å². The second kappa shape index (κ2) is 5.59. The summed E-state index contributed by atoms with van der Waals surface area (Å²) >= 11 is 1.72. The molecule has 0 saturated heterocycles. The van der Waals surface area contributed by atoms with Crippen LogP contribution in [-0.2, 0) is 0 Å². The SMILES string of the molecule is CC1=CC(SCCC(O)O)=C(C)CC1. The second-order valence-corrected chi connectivity index (χ2v) is 4.89. The predicted octanol–water partition coefficient (Wildman–Crippen LogP) is 2.43. The predicted molar refractivity (Wildman–Crippen MR) is 61.0 cm³/mol. The molecule has 0 aromatic carbocycles. The molecule has 0 amide bonds. The van der Waals surface area contributed by atoms with Crippen LogP contribution in [0.2, 0.25) is 0 Å². The maximum atomic E-state index is 8.71. The van der Waals surface area contributed by atoms with Gasteiger partial charge in [-0.3, -0.25) is 0 Å². The Bertz CT molecular complexity index is 254. The highest BCUT2D eigenvalue weighted by Gasteiger charge is 2.08. The van der Waals surface area contributed by atoms with Gasteiger partial charge in [-0.05, 0) is 32.8 Å². The molecule has 1 rings (SSSR count). The molecule has 0 atom stereocenters. The molecule has 1 aliphatic rings. The Kier molecular flexibility index (Phi) is 4.72. The van der Waals surface area contributed by atoms with E-state index < -0.39 is 6.29 Å². The van der Waals surface area contributed by atoms with Crippen LogP contribution in [0.15, 0.2) is 22.1 Å². The lowest BCUT2D eigenvalue weighted by Crippen LogP contribution is -2.05. The van der Waals surface area contributed by atoms with Crippen LogP contribution in [0.4, 0.5) is 0 Å². The topological polar surface area (TPSA) is 40.5 Å². The average Bonchev–Trinajstić information content (AvgIpc) is 2.10. The molecular formula is C11H18O2S. The van der Waals surface area contributed by atoms with Crippen molar-refractivity contribution in [2.24, 2.45) is 0 Å². The summed E-state index contributed by atoms with van der Waals surface area (Å²) in [6, 6.07) is 0. The molecule has 80 valence electrons. The van der Waals surface area contributed by atoms with Crippen molar-refractivity contribution >= 4 is 11.8 Å². The van der Waals surface area contributed by atoms with Crippen molar-refractivity contribution in [2.75, 3.05) is 5.75 Å². The Balaban J connectivity index is 2.43.